The minimum atomic E-state index is -0.194. The number of carbonyl (C=O) groups is 1. The lowest BCUT2D eigenvalue weighted by Crippen LogP contribution is -2.38. The van der Waals surface area contributed by atoms with Gasteiger partial charge in [0, 0.05) is 12.2 Å². The van der Waals surface area contributed by atoms with Crippen LogP contribution in [-0.2, 0) is 0 Å². The predicted octanol–water partition coefficient (Wildman–Crippen LogP) is -0.0734. The first-order valence-electron chi connectivity index (χ1n) is 4.85. The Morgan fingerprint density at radius 3 is 2.88 bits per heavy atom. The molecule has 0 atom stereocenters. The third-order valence-corrected chi connectivity index (χ3v) is 2.21. The lowest BCUT2D eigenvalue weighted by atomic mass is 10.2. The highest BCUT2D eigenvalue weighted by Crippen LogP contribution is 2.07. The van der Waals surface area contributed by atoms with Crippen LogP contribution in [0.25, 0.3) is 0 Å². The number of H-pyrrole nitrogens is 1. The molecule has 0 aliphatic carbocycles. The van der Waals surface area contributed by atoms with Crippen molar-refractivity contribution in [1.82, 2.24) is 15.1 Å². The van der Waals surface area contributed by atoms with Crippen LogP contribution in [0.5, 0.6) is 0 Å². The zero-order chi connectivity index (χ0) is 12.1. The first-order valence-corrected chi connectivity index (χ1v) is 4.85. The van der Waals surface area contributed by atoms with E-state index in [0.717, 1.165) is 0 Å². The molecular weight excluding hydrogens is 210 g/mol. The second kappa shape index (κ2) is 5.15. The molecule has 0 spiro atoms. The standard InChI is InChI=1S/C9H15N5O2/c1-3-14(5-8(10)13-16)9(15)7-4-11-12-6(7)2/h4,16H,3,5H2,1-2H3,(H2,10,13)(H,11,12). The van der Waals surface area contributed by atoms with Gasteiger partial charge < -0.3 is 15.8 Å². The molecule has 0 radical (unpaired) electrons. The molecule has 1 heterocycles. The van der Waals surface area contributed by atoms with Crippen molar-refractivity contribution in [2.45, 2.75) is 13.8 Å². The highest BCUT2D eigenvalue weighted by atomic mass is 16.4. The van der Waals surface area contributed by atoms with Gasteiger partial charge in [0.1, 0.15) is 0 Å². The van der Waals surface area contributed by atoms with Gasteiger partial charge in [-0.2, -0.15) is 5.10 Å². The molecule has 88 valence electrons. The molecule has 0 fully saturated rings. The summed E-state index contributed by atoms with van der Waals surface area (Å²) >= 11 is 0. The van der Waals surface area contributed by atoms with Gasteiger partial charge in [0.05, 0.1) is 18.3 Å². The molecule has 0 aromatic carbocycles. The quantitative estimate of drug-likeness (QED) is 0.288. The van der Waals surface area contributed by atoms with Crippen LogP contribution in [0.4, 0.5) is 0 Å². The van der Waals surface area contributed by atoms with E-state index in [1.165, 1.54) is 11.1 Å². The van der Waals surface area contributed by atoms with Crippen LogP contribution < -0.4 is 5.73 Å². The zero-order valence-corrected chi connectivity index (χ0v) is 9.27. The Morgan fingerprint density at radius 1 is 1.75 bits per heavy atom. The molecule has 1 aromatic heterocycles. The number of aryl methyl sites for hydroxylation is 1. The maximum atomic E-state index is 12.0. The van der Waals surface area contributed by atoms with E-state index in [1.54, 1.807) is 6.92 Å². The Bertz CT molecular complexity index is 398. The number of oxime groups is 1. The van der Waals surface area contributed by atoms with Gasteiger partial charge in [0.15, 0.2) is 5.84 Å². The first-order chi connectivity index (χ1) is 7.60. The van der Waals surface area contributed by atoms with Crippen molar-refractivity contribution in [3.8, 4) is 0 Å². The molecule has 0 aliphatic rings. The van der Waals surface area contributed by atoms with Crippen LogP contribution in [0.2, 0.25) is 0 Å². The summed E-state index contributed by atoms with van der Waals surface area (Å²) in [5.41, 5.74) is 6.55. The highest BCUT2D eigenvalue weighted by molar-refractivity contribution is 5.97. The molecule has 0 unspecified atom stereocenters. The number of amides is 1. The Kier molecular flexibility index (Phi) is 3.87. The fourth-order valence-electron chi connectivity index (χ4n) is 1.29. The summed E-state index contributed by atoms with van der Waals surface area (Å²) < 4.78 is 0. The van der Waals surface area contributed by atoms with Crippen LogP contribution >= 0.6 is 0 Å². The maximum absolute atomic E-state index is 12.0. The molecule has 1 amide bonds. The molecular formula is C9H15N5O2. The van der Waals surface area contributed by atoms with Gasteiger partial charge in [-0.05, 0) is 13.8 Å². The number of nitrogens with zero attached hydrogens (tertiary/aromatic N) is 3. The maximum Gasteiger partial charge on any atom is 0.257 e. The summed E-state index contributed by atoms with van der Waals surface area (Å²) in [5.74, 6) is -0.198. The summed E-state index contributed by atoms with van der Waals surface area (Å²) in [5, 5.41) is 17.8. The van der Waals surface area contributed by atoms with Gasteiger partial charge in [-0.1, -0.05) is 5.16 Å². The molecule has 7 heteroatoms. The fourth-order valence-corrected chi connectivity index (χ4v) is 1.29. The molecule has 16 heavy (non-hydrogen) atoms. The monoisotopic (exact) mass is 225 g/mol. The lowest BCUT2D eigenvalue weighted by molar-refractivity contribution is 0.0785. The molecule has 0 saturated heterocycles. The minimum absolute atomic E-state index is 0.00338. The van der Waals surface area contributed by atoms with Gasteiger partial charge in [0.2, 0.25) is 0 Å². The fraction of sp³-hybridized carbons (Fsp3) is 0.444. The van der Waals surface area contributed by atoms with Crippen molar-refractivity contribution in [2.75, 3.05) is 13.1 Å². The van der Waals surface area contributed by atoms with E-state index in [2.05, 4.69) is 15.4 Å². The summed E-state index contributed by atoms with van der Waals surface area (Å²) in [7, 11) is 0. The molecule has 4 N–H and O–H groups in total. The van der Waals surface area contributed by atoms with Crippen LogP contribution in [-0.4, -0.2) is 45.1 Å². The minimum Gasteiger partial charge on any atom is -0.409 e. The average Bonchev–Trinajstić information content (AvgIpc) is 2.71. The van der Waals surface area contributed by atoms with E-state index >= 15 is 0 Å². The van der Waals surface area contributed by atoms with Crippen LogP contribution in [0.15, 0.2) is 11.4 Å². The predicted molar refractivity (Wildman–Crippen MR) is 58.3 cm³/mol. The number of nitrogens with one attached hydrogen (secondary N) is 1. The van der Waals surface area contributed by atoms with Crippen LogP contribution in [0.1, 0.15) is 23.0 Å². The van der Waals surface area contributed by atoms with Crippen LogP contribution in [0, 0.1) is 6.92 Å². The molecule has 0 saturated carbocycles. The third-order valence-electron chi connectivity index (χ3n) is 2.21. The smallest absolute Gasteiger partial charge is 0.257 e. The van der Waals surface area contributed by atoms with E-state index in [9.17, 15) is 4.79 Å². The van der Waals surface area contributed by atoms with Gasteiger partial charge in [-0.25, -0.2) is 0 Å². The normalized spacial score (nSPS) is 11.5. The average molecular weight is 225 g/mol. The summed E-state index contributed by atoms with van der Waals surface area (Å²) in [6.07, 6.45) is 1.46. The largest absolute Gasteiger partial charge is 0.409 e. The number of amidine groups is 1. The van der Waals surface area contributed by atoms with Crippen molar-refractivity contribution in [2.24, 2.45) is 10.9 Å². The van der Waals surface area contributed by atoms with Crippen molar-refractivity contribution < 1.29 is 10.0 Å². The molecule has 1 aromatic rings. The first kappa shape index (κ1) is 12.0. The van der Waals surface area contributed by atoms with E-state index in [0.29, 0.717) is 17.8 Å². The van der Waals surface area contributed by atoms with Crippen molar-refractivity contribution in [3.05, 3.63) is 17.5 Å². The topological polar surface area (TPSA) is 108 Å². The second-order valence-corrected chi connectivity index (χ2v) is 3.32. The number of likely N-dealkylation sites (N-methyl/N-ethyl adjacent to an activating group) is 1. The van der Waals surface area contributed by atoms with Gasteiger partial charge >= 0.3 is 0 Å². The number of aromatic nitrogens is 2. The molecule has 0 aliphatic heterocycles. The third kappa shape index (κ3) is 2.50. The Balaban J connectivity index is 2.82. The van der Waals surface area contributed by atoms with E-state index in [4.69, 9.17) is 10.9 Å². The van der Waals surface area contributed by atoms with Gasteiger partial charge in [0.25, 0.3) is 5.91 Å². The number of rotatable bonds is 4. The van der Waals surface area contributed by atoms with Crippen LogP contribution in [0.3, 0.4) is 0 Å². The summed E-state index contributed by atoms with van der Waals surface area (Å²) in [4.78, 5) is 13.4. The van der Waals surface area contributed by atoms with Crippen molar-refractivity contribution in [1.29, 1.82) is 0 Å². The number of nitrogens with two attached hydrogens (primary N) is 1. The van der Waals surface area contributed by atoms with Crippen molar-refractivity contribution in [3.63, 3.8) is 0 Å². The number of aromatic amines is 1. The molecule has 1 rings (SSSR count). The Labute approximate surface area is 92.9 Å². The van der Waals surface area contributed by atoms with E-state index in [1.807, 2.05) is 6.92 Å². The second-order valence-electron chi connectivity index (χ2n) is 3.32. The number of hydrogen-bond acceptors (Lipinski definition) is 4. The Morgan fingerprint density at radius 2 is 2.44 bits per heavy atom. The lowest BCUT2D eigenvalue weighted by Gasteiger charge is -2.19. The zero-order valence-electron chi connectivity index (χ0n) is 9.27. The summed E-state index contributed by atoms with van der Waals surface area (Å²) in [6.45, 7) is 4.14. The van der Waals surface area contributed by atoms with E-state index < -0.39 is 0 Å². The van der Waals surface area contributed by atoms with Crippen molar-refractivity contribution >= 4 is 11.7 Å². The summed E-state index contributed by atoms with van der Waals surface area (Å²) in [6, 6.07) is 0. The van der Waals surface area contributed by atoms with Gasteiger partial charge in [-0.15, -0.1) is 0 Å². The molecule has 0 bridgehead atoms. The highest BCUT2D eigenvalue weighted by Gasteiger charge is 2.18. The number of carbonyl (C=O) groups excluding carboxylic acids is 1. The van der Waals surface area contributed by atoms with E-state index in [-0.39, 0.29) is 18.3 Å². The Hall–Kier alpha value is -2.05. The SMILES string of the molecule is CCN(CC(N)=NO)C(=O)c1cn[nH]c1C. The molecule has 7 nitrogen and oxygen atoms in total. The number of hydrogen-bond donors (Lipinski definition) is 3. The van der Waals surface area contributed by atoms with Gasteiger partial charge in [-0.3, -0.25) is 9.89 Å².